The van der Waals surface area contributed by atoms with E-state index in [4.69, 9.17) is 0 Å². The Balaban J connectivity index is 1.87. The van der Waals surface area contributed by atoms with Gasteiger partial charge in [-0.3, -0.25) is 9.78 Å². The van der Waals surface area contributed by atoms with Gasteiger partial charge in [0.25, 0.3) is 5.91 Å². The smallest absolute Gasteiger partial charge is 0.264 e. The van der Waals surface area contributed by atoms with E-state index in [2.05, 4.69) is 15.3 Å². The first kappa shape index (κ1) is 14.5. The Morgan fingerprint density at radius 1 is 1.18 bits per heavy atom. The van der Waals surface area contributed by atoms with Crippen LogP contribution in [0.1, 0.15) is 16.7 Å². The lowest BCUT2D eigenvalue weighted by molar-refractivity contribution is -0.115. The van der Waals surface area contributed by atoms with Crippen LogP contribution in [0.25, 0.3) is 6.08 Å². The summed E-state index contributed by atoms with van der Waals surface area (Å²) in [5.74, 6) is -0.120. The van der Waals surface area contributed by atoms with E-state index in [-0.39, 0.29) is 5.91 Å². The van der Waals surface area contributed by atoms with Crippen molar-refractivity contribution in [2.45, 2.75) is 13.8 Å². The number of pyridine rings is 1. The van der Waals surface area contributed by atoms with Crippen molar-refractivity contribution in [2.75, 3.05) is 0 Å². The van der Waals surface area contributed by atoms with Crippen molar-refractivity contribution in [3.8, 4) is 0 Å². The molecular formula is C17H15N3OS. The van der Waals surface area contributed by atoms with E-state index in [0.29, 0.717) is 10.1 Å². The van der Waals surface area contributed by atoms with Gasteiger partial charge in [-0.15, -0.1) is 0 Å². The van der Waals surface area contributed by atoms with Crippen molar-refractivity contribution < 1.29 is 4.79 Å². The van der Waals surface area contributed by atoms with Crippen molar-refractivity contribution in [2.24, 2.45) is 4.99 Å². The monoisotopic (exact) mass is 309 g/mol. The number of rotatable bonds is 2. The maximum atomic E-state index is 12.0. The first-order valence-electron chi connectivity index (χ1n) is 6.89. The van der Waals surface area contributed by atoms with Crippen LogP contribution in [0.4, 0.5) is 5.69 Å². The summed E-state index contributed by atoms with van der Waals surface area (Å²) in [5.41, 5.74) is 4.06. The number of carbonyl (C=O) groups is 1. The standard InChI is InChI=1S/C17H15N3OS/c1-11-3-4-12(2)14(9-11)19-17-20-16(21)15(22-17)10-13-5-7-18-8-6-13/h3-10H,1-2H3,(H,19,20,21)/b15-10-. The summed E-state index contributed by atoms with van der Waals surface area (Å²) < 4.78 is 0. The number of carbonyl (C=O) groups excluding carboxylic acids is 1. The van der Waals surface area contributed by atoms with Crippen LogP contribution in [-0.2, 0) is 4.79 Å². The van der Waals surface area contributed by atoms with Crippen LogP contribution in [-0.4, -0.2) is 16.1 Å². The maximum absolute atomic E-state index is 12.0. The molecule has 1 aromatic heterocycles. The van der Waals surface area contributed by atoms with Gasteiger partial charge in [-0.1, -0.05) is 12.1 Å². The zero-order valence-electron chi connectivity index (χ0n) is 12.3. The summed E-state index contributed by atoms with van der Waals surface area (Å²) in [6.07, 6.45) is 5.25. The van der Waals surface area contributed by atoms with Crippen molar-refractivity contribution in [3.05, 3.63) is 64.3 Å². The summed E-state index contributed by atoms with van der Waals surface area (Å²) in [5, 5.41) is 3.42. The van der Waals surface area contributed by atoms with E-state index in [9.17, 15) is 4.79 Å². The van der Waals surface area contributed by atoms with E-state index in [0.717, 1.165) is 22.4 Å². The summed E-state index contributed by atoms with van der Waals surface area (Å²) in [4.78, 5) is 21.2. The lowest BCUT2D eigenvalue weighted by Gasteiger charge is -2.02. The number of aliphatic imine (C=N–C) groups is 1. The normalized spacial score (nSPS) is 18.0. The van der Waals surface area contributed by atoms with E-state index >= 15 is 0 Å². The van der Waals surface area contributed by atoms with Gasteiger partial charge in [-0.2, -0.15) is 0 Å². The van der Waals surface area contributed by atoms with Gasteiger partial charge < -0.3 is 5.32 Å². The lowest BCUT2D eigenvalue weighted by atomic mass is 10.1. The molecule has 0 atom stereocenters. The molecule has 22 heavy (non-hydrogen) atoms. The number of hydrogen-bond acceptors (Lipinski definition) is 4. The number of nitrogens with zero attached hydrogens (tertiary/aromatic N) is 2. The van der Waals surface area contributed by atoms with Crippen molar-refractivity contribution in [1.29, 1.82) is 0 Å². The van der Waals surface area contributed by atoms with E-state index in [1.54, 1.807) is 12.4 Å². The highest BCUT2D eigenvalue weighted by atomic mass is 32.2. The lowest BCUT2D eigenvalue weighted by Crippen LogP contribution is -2.19. The third-order valence-electron chi connectivity index (χ3n) is 3.24. The number of thioether (sulfide) groups is 1. The van der Waals surface area contributed by atoms with Crippen LogP contribution in [0.5, 0.6) is 0 Å². The number of hydrogen-bond donors (Lipinski definition) is 1. The highest BCUT2D eigenvalue weighted by Gasteiger charge is 2.23. The van der Waals surface area contributed by atoms with Gasteiger partial charge in [0.1, 0.15) is 0 Å². The molecule has 0 aliphatic carbocycles. The topological polar surface area (TPSA) is 54.4 Å². The first-order valence-corrected chi connectivity index (χ1v) is 7.70. The number of amidine groups is 1. The average molecular weight is 309 g/mol. The highest BCUT2D eigenvalue weighted by Crippen LogP contribution is 2.29. The Labute approximate surface area is 133 Å². The van der Waals surface area contributed by atoms with Gasteiger partial charge >= 0.3 is 0 Å². The van der Waals surface area contributed by atoms with Crippen LogP contribution in [0, 0.1) is 13.8 Å². The minimum Gasteiger partial charge on any atom is -0.300 e. The van der Waals surface area contributed by atoms with Gasteiger partial charge in [0.2, 0.25) is 0 Å². The van der Waals surface area contributed by atoms with Crippen LogP contribution in [0.3, 0.4) is 0 Å². The summed E-state index contributed by atoms with van der Waals surface area (Å²) in [6.45, 7) is 4.03. The predicted octanol–water partition coefficient (Wildman–Crippen LogP) is 3.59. The van der Waals surface area contributed by atoms with Gasteiger partial charge in [-0.05, 0) is 66.6 Å². The van der Waals surface area contributed by atoms with Crippen LogP contribution < -0.4 is 5.32 Å². The van der Waals surface area contributed by atoms with Crippen molar-refractivity contribution in [3.63, 3.8) is 0 Å². The Hall–Kier alpha value is -2.40. The number of amides is 1. The van der Waals surface area contributed by atoms with E-state index in [1.165, 1.54) is 11.8 Å². The molecule has 4 nitrogen and oxygen atoms in total. The molecule has 1 N–H and O–H groups in total. The SMILES string of the molecule is Cc1ccc(C)c(N=C2NC(=O)/C(=C/c3ccncc3)S2)c1. The Bertz CT molecular complexity index is 782. The molecule has 0 spiro atoms. The molecule has 1 aliphatic heterocycles. The molecule has 0 saturated carbocycles. The third-order valence-corrected chi connectivity index (χ3v) is 4.15. The molecule has 0 radical (unpaired) electrons. The van der Waals surface area contributed by atoms with Gasteiger partial charge in [0, 0.05) is 12.4 Å². The minimum absolute atomic E-state index is 0.120. The Morgan fingerprint density at radius 3 is 2.73 bits per heavy atom. The Kier molecular flexibility index (Phi) is 4.06. The third kappa shape index (κ3) is 3.26. The molecule has 1 saturated heterocycles. The molecule has 1 aliphatic rings. The molecule has 1 fully saturated rings. The number of aromatic nitrogens is 1. The fraction of sp³-hybridized carbons (Fsp3) is 0.118. The van der Waals surface area contributed by atoms with Crippen LogP contribution in [0.15, 0.2) is 52.6 Å². The van der Waals surface area contributed by atoms with Crippen LogP contribution in [0.2, 0.25) is 0 Å². The minimum atomic E-state index is -0.120. The number of aryl methyl sites for hydroxylation is 2. The maximum Gasteiger partial charge on any atom is 0.264 e. The molecule has 110 valence electrons. The van der Waals surface area contributed by atoms with E-state index in [1.807, 2.05) is 50.3 Å². The molecule has 2 aromatic rings. The van der Waals surface area contributed by atoms with Crippen molar-refractivity contribution in [1.82, 2.24) is 10.3 Å². The summed E-state index contributed by atoms with van der Waals surface area (Å²) >= 11 is 1.35. The molecule has 1 amide bonds. The second-order valence-corrected chi connectivity index (χ2v) is 6.08. The predicted molar refractivity (Wildman–Crippen MR) is 91.0 cm³/mol. The Morgan fingerprint density at radius 2 is 1.95 bits per heavy atom. The molecule has 1 aromatic carbocycles. The first-order chi connectivity index (χ1) is 10.6. The van der Waals surface area contributed by atoms with E-state index < -0.39 is 0 Å². The quantitative estimate of drug-likeness (QED) is 0.863. The van der Waals surface area contributed by atoms with Gasteiger partial charge in [0.05, 0.1) is 10.6 Å². The molecule has 5 heteroatoms. The fourth-order valence-corrected chi connectivity index (χ4v) is 2.88. The van der Waals surface area contributed by atoms with Crippen LogP contribution >= 0.6 is 11.8 Å². The van der Waals surface area contributed by atoms with Gasteiger partial charge in [-0.25, -0.2) is 4.99 Å². The average Bonchev–Trinajstić information content (AvgIpc) is 2.84. The molecule has 0 unspecified atom stereocenters. The second-order valence-electron chi connectivity index (χ2n) is 5.05. The van der Waals surface area contributed by atoms with Gasteiger partial charge in [0.15, 0.2) is 5.17 Å². The zero-order valence-corrected chi connectivity index (χ0v) is 13.1. The highest BCUT2D eigenvalue weighted by molar-refractivity contribution is 8.18. The molecule has 0 bridgehead atoms. The fourth-order valence-electron chi connectivity index (χ4n) is 2.04. The summed E-state index contributed by atoms with van der Waals surface area (Å²) in [6, 6.07) is 9.82. The largest absolute Gasteiger partial charge is 0.300 e. The zero-order chi connectivity index (χ0) is 15.5. The second kappa shape index (κ2) is 6.15. The van der Waals surface area contributed by atoms with Crippen molar-refractivity contribution >= 4 is 34.6 Å². The molecule has 2 heterocycles. The molecular weight excluding hydrogens is 294 g/mol. The number of nitrogens with one attached hydrogen (secondary N) is 1. The number of benzene rings is 1. The summed E-state index contributed by atoms with van der Waals surface area (Å²) in [7, 11) is 0. The molecule has 3 rings (SSSR count).